The topological polar surface area (TPSA) is 71.1 Å². The van der Waals surface area contributed by atoms with E-state index in [1.54, 1.807) is 13.1 Å². The number of nitrogens with zero attached hydrogens (tertiary/aromatic N) is 1. The van der Waals surface area contributed by atoms with Crippen LogP contribution < -0.4 is 10.6 Å². The van der Waals surface area contributed by atoms with Crippen molar-refractivity contribution in [2.24, 2.45) is 0 Å². The van der Waals surface area contributed by atoms with Crippen molar-refractivity contribution < 1.29 is 9.59 Å². The first kappa shape index (κ1) is 21.1. The average molecular weight is 321 g/mol. The Morgan fingerprint density at radius 3 is 2.26 bits per heavy atom. The zero-order valence-electron chi connectivity index (χ0n) is 15.3. The minimum absolute atomic E-state index is 0.253. The summed E-state index contributed by atoms with van der Waals surface area (Å²) in [7, 11) is 1.55. The molecule has 23 heavy (non-hydrogen) atoms. The molecule has 2 atom stereocenters. The Balaban J connectivity index is 0.00000232. The number of likely N-dealkylation sites (N-methyl/N-ethyl adjacent to an activating group) is 1. The zero-order chi connectivity index (χ0) is 17.8. The first-order valence-electron chi connectivity index (χ1n) is 8.48. The molecule has 0 aromatic carbocycles. The van der Waals surface area contributed by atoms with Crippen LogP contribution in [0.25, 0.3) is 0 Å². The summed E-state index contributed by atoms with van der Waals surface area (Å²) in [5.41, 5.74) is 1.56. The maximum atomic E-state index is 12.0. The molecule has 1 rings (SSSR count). The standard InChI is InChI=1S/C16H25N3O2.C2H6/c1-5-8-12(6-2)13-9-7-10-14(19-13)15(16(21)17-4)18-11(3)20;1-2/h7,9-10,12,15H,5-6,8H2,1-4H3,(H,17,21)(H,18,20);1-2H3. The minimum atomic E-state index is -0.744. The molecule has 2 amide bonds. The first-order chi connectivity index (χ1) is 11.0. The van der Waals surface area contributed by atoms with Gasteiger partial charge in [-0.2, -0.15) is 0 Å². The minimum Gasteiger partial charge on any atom is -0.357 e. The third-order valence-corrected chi connectivity index (χ3v) is 3.49. The summed E-state index contributed by atoms with van der Waals surface area (Å²) in [6.07, 6.45) is 3.17. The molecule has 0 spiro atoms. The van der Waals surface area contributed by atoms with Crippen molar-refractivity contribution in [3.63, 3.8) is 0 Å². The molecular formula is C18H31N3O2. The van der Waals surface area contributed by atoms with E-state index in [-0.39, 0.29) is 11.8 Å². The average Bonchev–Trinajstić information content (AvgIpc) is 2.58. The van der Waals surface area contributed by atoms with Gasteiger partial charge in [0.05, 0.1) is 5.69 Å². The Morgan fingerprint density at radius 2 is 1.78 bits per heavy atom. The third kappa shape index (κ3) is 6.80. The summed E-state index contributed by atoms with van der Waals surface area (Å²) in [4.78, 5) is 27.9. The van der Waals surface area contributed by atoms with Crippen molar-refractivity contribution in [3.05, 3.63) is 29.6 Å². The van der Waals surface area contributed by atoms with E-state index in [9.17, 15) is 9.59 Å². The molecule has 0 aliphatic carbocycles. The van der Waals surface area contributed by atoms with E-state index in [0.717, 1.165) is 25.0 Å². The van der Waals surface area contributed by atoms with Gasteiger partial charge in [0.2, 0.25) is 11.8 Å². The fourth-order valence-corrected chi connectivity index (χ4v) is 2.39. The van der Waals surface area contributed by atoms with E-state index in [2.05, 4.69) is 29.5 Å². The van der Waals surface area contributed by atoms with Gasteiger partial charge in [-0.25, -0.2) is 0 Å². The van der Waals surface area contributed by atoms with Crippen LogP contribution in [0.2, 0.25) is 0 Å². The van der Waals surface area contributed by atoms with Gasteiger partial charge in [-0.15, -0.1) is 0 Å². The molecule has 130 valence electrons. The maximum Gasteiger partial charge on any atom is 0.248 e. The fourth-order valence-electron chi connectivity index (χ4n) is 2.39. The molecule has 0 saturated heterocycles. The van der Waals surface area contributed by atoms with Gasteiger partial charge in [0.25, 0.3) is 0 Å². The summed E-state index contributed by atoms with van der Waals surface area (Å²) in [5.74, 6) is -0.132. The lowest BCUT2D eigenvalue weighted by Crippen LogP contribution is -2.38. The lowest BCUT2D eigenvalue weighted by atomic mass is 9.96. The van der Waals surface area contributed by atoms with Crippen molar-refractivity contribution in [1.29, 1.82) is 0 Å². The summed E-state index contributed by atoms with van der Waals surface area (Å²) in [6.45, 7) is 9.68. The SMILES string of the molecule is CC.CCCC(CC)c1cccc(C(NC(C)=O)C(=O)NC)n1. The van der Waals surface area contributed by atoms with Gasteiger partial charge in [-0.1, -0.05) is 40.2 Å². The van der Waals surface area contributed by atoms with E-state index in [4.69, 9.17) is 0 Å². The van der Waals surface area contributed by atoms with Crippen LogP contribution in [0, 0.1) is 0 Å². The normalized spacial score (nSPS) is 12.4. The Hall–Kier alpha value is -1.91. The lowest BCUT2D eigenvalue weighted by Gasteiger charge is -2.19. The monoisotopic (exact) mass is 321 g/mol. The molecule has 5 nitrogen and oxygen atoms in total. The predicted molar refractivity (Wildman–Crippen MR) is 94.1 cm³/mol. The Labute approximate surface area is 140 Å². The Bertz CT molecular complexity index is 489. The summed E-state index contributed by atoms with van der Waals surface area (Å²) >= 11 is 0. The number of carbonyl (C=O) groups is 2. The molecule has 0 saturated carbocycles. The van der Waals surface area contributed by atoms with Crippen LogP contribution in [0.1, 0.15) is 77.2 Å². The zero-order valence-corrected chi connectivity index (χ0v) is 15.3. The van der Waals surface area contributed by atoms with Crippen molar-refractivity contribution in [3.8, 4) is 0 Å². The first-order valence-corrected chi connectivity index (χ1v) is 8.48. The van der Waals surface area contributed by atoms with Crippen LogP contribution >= 0.6 is 0 Å². The second-order valence-corrected chi connectivity index (χ2v) is 5.13. The molecule has 1 aromatic heterocycles. The highest BCUT2D eigenvalue weighted by molar-refractivity contribution is 5.87. The molecular weight excluding hydrogens is 290 g/mol. The van der Waals surface area contributed by atoms with Crippen LogP contribution in [0.3, 0.4) is 0 Å². The van der Waals surface area contributed by atoms with Crippen molar-refractivity contribution in [2.45, 2.75) is 65.8 Å². The molecule has 0 aliphatic heterocycles. The number of hydrogen-bond acceptors (Lipinski definition) is 3. The maximum absolute atomic E-state index is 12.0. The molecule has 0 bridgehead atoms. The molecule has 0 radical (unpaired) electrons. The summed E-state index contributed by atoms with van der Waals surface area (Å²) in [6, 6.07) is 4.92. The van der Waals surface area contributed by atoms with E-state index in [1.165, 1.54) is 6.92 Å². The van der Waals surface area contributed by atoms with Crippen molar-refractivity contribution in [1.82, 2.24) is 15.6 Å². The van der Waals surface area contributed by atoms with Gasteiger partial charge in [0.15, 0.2) is 6.04 Å². The van der Waals surface area contributed by atoms with Gasteiger partial charge >= 0.3 is 0 Å². The smallest absolute Gasteiger partial charge is 0.248 e. The highest BCUT2D eigenvalue weighted by Crippen LogP contribution is 2.24. The van der Waals surface area contributed by atoms with Crippen molar-refractivity contribution in [2.75, 3.05) is 7.05 Å². The number of pyridine rings is 1. The van der Waals surface area contributed by atoms with Crippen LogP contribution in [-0.2, 0) is 9.59 Å². The largest absolute Gasteiger partial charge is 0.357 e. The van der Waals surface area contributed by atoms with Gasteiger partial charge in [-0.3, -0.25) is 14.6 Å². The second kappa shape index (κ2) is 11.6. The molecule has 1 aromatic rings. The van der Waals surface area contributed by atoms with E-state index in [0.29, 0.717) is 11.6 Å². The van der Waals surface area contributed by atoms with Crippen LogP contribution in [0.5, 0.6) is 0 Å². The lowest BCUT2D eigenvalue weighted by molar-refractivity contribution is -0.128. The van der Waals surface area contributed by atoms with Crippen LogP contribution in [0.4, 0.5) is 0 Å². The number of nitrogens with one attached hydrogen (secondary N) is 2. The number of carbonyl (C=O) groups excluding carboxylic acids is 2. The Kier molecular flexibility index (Phi) is 10.7. The summed E-state index contributed by atoms with van der Waals surface area (Å²) in [5, 5.41) is 5.21. The molecule has 1 heterocycles. The van der Waals surface area contributed by atoms with E-state index < -0.39 is 6.04 Å². The molecule has 2 unspecified atom stereocenters. The van der Waals surface area contributed by atoms with Gasteiger partial charge < -0.3 is 10.6 Å². The molecule has 5 heteroatoms. The highest BCUT2D eigenvalue weighted by Gasteiger charge is 2.22. The van der Waals surface area contributed by atoms with Gasteiger partial charge in [0, 0.05) is 25.6 Å². The second-order valence-electron chi connectivity index (χ2n) is 5.13. The number of rotatable bonds is 7. The van der Waals surface area contributed by atoms with Gasteiger partial charge in [-0.05, 0) is 25.0 Å². The molecule has 0 fully saturated rings. The quantitative estimate of drug-likeness (QED) is 0.809. The van der Waals surface area contributed by atoms with Crippen molar-refractivity contribution >= 4 is 11.8 Å². The van der Waals surface area contributed by atoms with Gasteiger partial charge in [0.1, 0.15) is 0 Å². The van der Waals surface area contributed by atoms with E-state index in [1.807, 2.05) is 26.0 Å². The Morgan fingerprint density at radius 1 is 1.17 bits per heavy atom. The molecule has 2 N–H and O–H groups in total. The number of hydrogen-bond donors (Lipinski definition) is 2. The van der Waals surface area contributed by atoms with Crippen LogP contribution in [-0.4, -0.2) is 23.8 Å². The van der Waals surface area contributed by atoms with E-state index >= 15 is 0 Å². The number of aromatic nitrogens is 1. The highest BCUT2D eigenvalue weighted by atomic mass is 16.2. The molecule has 0 aliphatic rings. The van der Waals surface area contributed by atoms with Crippen LogP contribution in [0.15, 0.2) is 18.2 Å². The fraction of sp³-hybridized carbons (Fsp3) is 0.611. The number of amides is 2. The predicted octanol–water partition coefficient (Wildman–Crippen LogP) is 3.32. The summed E-state index contributed by atoms with van der Waals surface area (Å²) < 4.78 is 0. The third-order valence-electron chi connectivity index (χ3n) is 3.49.